The number of fused-ring (bicyclic) bond motifs is 1. The minimum absolute atomic E-state index is 0.0341. The van der Waals surface area contributed by atoms with E-state index in [9.17, 15) is 22.8 Å². The van der Waals surface area contributed by atoms with E-state index in [1.54, 1.807) is 18.2 Å². The summed E-state index contributed by atoms with van der Waals surface area (Å²) >= 11 is 13.1. The third kappa shape index (κ3) is 4.89. The van der Waals surface area contributed by atoms with Crippen LogP contribution >= 0.6 is 34.5 Å². The van der Waals surface area contributed by atoms with E-state index in [-0.39, 0.29) is 27.8 Å². The molecule has 2 heterocycles. The summed E-state index contributed by atoms with van der Waals surface area (Å²) in [6.45, 7) is 1.86. The Morgan fingerprint density at radius 2 is 1.82 bits per heavy atom. The van der Waals surface area contributed by atoms with Gasteiger partial charge in [-0.05, 0) is 48.4 Å². The second kappa shape index (κ2) is 9.02. The molecule has 0 aliphatic carbocycles. The van der Waals surface area contributed by atoms with Crippen LogP contribution in [-0.4, -0.2) is 31.8 Å². The van der Waals surface area contributed by atoms with Gasteiger partial charge < -0.3 is 0 Å². The molecule has 0 N–H and O–H groups in total. The van der Waals surface area contributed by atoms with Crippen molar-refractivity contribution in [3.05, 3.63) is 80.1 Å². The molecule has 1 aliphatic rings. The van der Waals surface area contributed by atoms with Gasteiger partial charge in [-0.2, -0.15) is 0 Å². The molecule has 1 aromatic heterocycles. The number of carbonyl (C=O) groups is 3. The van der Waals surface area contributed by atoms with Crippen LogP contribution < -0.4 is 4.90 Å². The maximum absolute atomic E-state index is 13.0. The van der Waals surface area contributed by atoms with Crippen LogP contribution in [0.15, 0.2) is 52.7 Å². The number of Topliss-reactive ketones (excluding diaryl/α,β-unsaturated/α-hetero) is 1. The van der Waals surface area contributed by atoms with E-state index in [1.807, 2.05) is 13.0 Å². The summed E-state index contributed by atoms with van der Waals surface area (Å²) in [7, 11) is -3.79. The van der Waals surface area contributed by atoms with Crippen LogP contribution in [0.25, 0.3) is 0 Å². The molecule has 0 radical (unpaired) electrons. The first-order chi connectivity index (χ1) is 15.5. The number of rotatable bonds is 6. The molecule has 0 atom stereocenters. The Morgan fingerprint density at radius 1 is 1.06 bits per heavy atom. The van der Waals surface area contributed by atoms with Crippen LogP contribution in [0.5, 0.6) is 0 Å². The fourth-order valence-electron chi connectivity index (χ4n) is 3.63. The largest absolute Gasteiger partial charge is 0.298 e. The summed E-state index contributed by atoms with van der Waals surface area (Å²) in [5.74, 6) is -2.04. The number of sulfone groups is 1. The monoisotopic (exact) mass is 521 g/mol. The number of hydrogen-bond donors (Lipinski definition) is 0. The molecule has 0 saturated carbocycles. The van der Waals surface area contributed by atoms with Gasteiger partial charge in [0.2, 0.25) is 5.91 Å². The fourth-order valence-corrected chi connectivity index (χ4v) is 6.73. The van der Waals surface area contributed by atoms with Crippen LogP contribution in [0.4, 0.5) is 5.69 Å². The molecule has 6 nitrogen and oxygen atoms in total. The molecule has 4 rings (SSSR count). The van der Waals surface area contributed by atoms with Crippen molar-refractivity contribution >= 4 is 67.7 Å². The van der Waals surface area contributed by atoms with E-state index in [0.717, 1.165) is 21.8 Å². The number of anilines is 1. The van der Waals surface area contributed by atoms with Crippen molar-refractivity contribution < 1.29 is 22.8 Å². The van der Waals surface area contributed by atoms with E-state index < -0.39 is 33.2 Å². The Kier molecular flexibility index (Phi) is 6.46. The summed E-state index contributed by atoms with van der Waals surface area (Å²) < 4.78 is 25.1. The lowest BCUT2D eigenvalue weighted by Gasteiger charge is -2.28. The van der Waals surface area contributed by atoms with E-state index >= 15 is 0 Å². The zero-order valence-corrected chi connectivity index (χ0v) is 20.4. The van der Waals surface area contributed by atoms with Crippen molar-refractivity contribution in [3.8, 4) is 0 Å². The average molecular weight is 522 g/mol. The molecule has 33 heavy (non-hydrogen) atoms. The molecule has 1 aliphatic heterocycles. The second-order valence-electron chi connectivity index (χ2n) is 7.69. The Hall–Kier alpha value is -2.52. The summed E-state index contributed by atoms with van der Waals surface area (Å²) in [6, 6.07) is 12.7. The summed E-state index contributed by atoms with van der Waals surface area (Å²) in [5, 5.41) is 0.117. The lowest BCUT2D eigenvalue weighted by atomic mass is 9.96. The molecule has 10 heteroatoms. The Bertz CT molecular complexity index is 1410. The summed E-state index contributed by atoms with van der Waals surface area (Å²) in [6.07, 6.45) is -0.0925. The summed E-state index contributed by atoms with van der Waals surface area (Å²) in [4.78, 5) is 39.1. The number of imide groups is 1. The van der Waals surface area contributed by atoms with Gasteiger partial charge in [0.1, 0.15) is 9.96 Å². The molecule has 2 aromatic carbocycles. The first-order valence-electron chi connectivity index (χ1n) is 9.80. The van der Waals surface area contributed by atoms with E-state index in [2.05, 4.69) is 0 Å². The van der Waals surface area contributed by atoms with Gasteiger partial charge in [-0.25, -0.2) is 13.3 Å². The van der Waals surface area contributed by atoms with Gasteiger partial charge in [-0.15, -0.1) is 11.3 Å². The molecule has 170 valence electrons. The van der Waals surface area contributed by atoms with Crippen LogP contribution in [-0.2, 0) is 32.3 Å². The van der Waals surface area contributed by atoms with E-state index in [0.29, 0.717) is 21.0 Å². The Labute approximate surface area is 204 Å². The smallest absolute Gasteiger partial charge is 0.265 e. The highest BCUT2D eigenvalue weighted by molar-refractivity contribution is 7.94. The highest BCUT2D eigenvalue weighted by Gasteiger charge is 2.33. The number of benzene rings is 2. The van der Waals surface area contributed by atoms with Crippen LogP contribution in [0, 0.1) is 6.92 Å². The number of halogens is 2. The van der Waals surface area contributed by atoms with Crippen molar-refractivity contribution in [2.45, 2.75) is 24.0 Å². The van der Waals surface area contributed by atoms with Crippen LogP contribution in [0.2, 0.25) is 9.36 Å². The maximum atomic E-state index is 13.0. The van der Waals surface area contributed by atoms with Crippen molar-refractivity contribution in [1.82, 2.24) is 0 Å². The molecule has 2 amide bonds. The van der Waals surface area contributed by atoms with Gasteiger partial charge in [-0.3, -0.25) is 14.4 Å². The highest BCUT2D eigenvalue weighted by atomic mass is 35.5. The van der Waals surface area contributed by atoms with Crippen LogP contribution in [0.1, 0.15) is 27.0 Å². The number of nitrogens with zero attached hydrogens (tertiary/aromatic N) is 1. The van der Waals surface area contributed by atoms with Crippen molar-refractivity contribution in [2.24, 2.45) is 0 Å². The minimum atomic E-state index is -3.79. The highest BCUT2D eigenvalue weighted by Crippen LogP contribution is 2.32. The number of carbonyl (C=O) groups excluding carboxylic acids is 3. The number of ketones is 1. The average Bonchev–Trinajstić information content (AvgIpc) is 3.17. The lowest BCUT2D eigenvalue weighted by Crippen LogP contribution is -2.42. The summed E-state index contributed by atoms with van der Waals surface area (Å²) in [5.41, 5.74) is 2.70. The van der Waals surface area contributed by atoms with Gasteiger partial charge in [-0.1, -0.05) is 47.0 Å². The third-order valence-electron chi connectivity index (χ3n) is 5.15. The van der Waals surface area contributed by atoms with Crippen LogP contribution in [0.3, 0.4) is 0 Å². The first kappa shape index (κ1) is 23.6. The zero-order valence-electron chi connectivity index (χ0n) is 17.3. The second-order valence-corrected chi connectivity index (χ2v) is 12.0. The topological polar surface area (TPSA) is 88.6 Å². The van der Waals surface area contributed by atoms with Gasteiger partial charge in [0.25, 0.3) is 5.91 Å². The fraction of sp³-hybridized carbons (Fsp3) is 0.174. The van der Waals surface area contributed by atoms with E-state index in [4.69, 9.17) is 23.2 Å². The number of hydrogen-bond acceptors (Lipinski definition) is 6. The molecule has 0 unspecified atom stereocenters. The maximum Gasteiger partial charge on any atom is 0.265 e. The Balaban J connectivity index is 1.53. The molecule has 0 fully saturated rings. The minimum Gasteiger partial charge on any atom is -0.298 e. The predicted molar refractivity (Wildman–Crippen MR) is 128 cm³/mol. The molecule has 0 spiro atoms. The molecule has 0 bridgehead atoms. The number of amides is 2. The first-order valence-corrected chi connectivity index (χ1v) is 13.0. The normalized spacial score (nSPS) is 13.8. The molecular weight excluding hydrogens is 505 g/mol. The molecule has 3 aromatic rings. The lowest BCUT2D eigenvalue weighted by molar-refractivity contribution is -0.118. The van der Waals surface area contributed by atoms with E-state index in [1.165, 1.54) is 24.3 Å². The van der Waals surface area contributed by atoms with Crippen molar-refractivity contribution in [3.63, 3.8) is 0 Å². The standard InChI is InChI=1S/C23H17Cl2NO5S2/c1-13-2-4-15-11-21(28)26(23(29)17(15)8-13)19-5-3-14(10-18(19)24)9-16(27)12-33(30,31)22-7-6-20(25)32-22/h2-8,10H,9,11-12H2,1H3. The Morgan fingerprint density at radius 3 is 2.48 bits per heavy atom. The van der Waals surface area contributed by atoms with Gasteiger partial charge in [0, 0.05) is 12.0 Å². The molecular formula is C23H17Cl2NO5S2. The van der Waals surface area contributed by atoms with Gasteiger partial charge in [0.15, 0.2) is 15.6 Å². The third-order valence-corrected chi connectivity index (χ3v) is 8.94. The SMILES string of the molecule is Cc1ccc2c(c1)C(=O)N(c1ccc(CC(=O)CS(=O)(=O)c3ccc(Cl)s3)cc1Cl)C(=O)C2. The predicted octanol–water partition coefficient (Wildman–Crippen LogP) is 4.68. The molecule has 0 saturated heterocycles. The van der Waals surface area contributed by atoms with Crippen molar-refractivity contribution in [2.75, 3.05) is 10.7 Å². The van der Waals surface area contributed by atoms with Gasteiger partial charge in [0.05, 0.1) is 21.5 Å². The van der Waals surface area contributed by atoms with Crippen molar-refractivity contribution in [1.29, 1.82) is 0 Å². The number of thiophene rings is 1. The van der Waals surface area contributed by atoms with Gasteiger partial charge >= 0.3 is 0 Å². The quantitative estimate of drug-likeness (QED) is 0.439. The zero-order chi connectivity index (χ0) is 23.9. The number of aryl methyl sites for hydroxylation is 1.